The first-order valence-electron chi connectivity index (χ1n) is 10.8. The molecule has 2 aromatic heterocycles. The van der Waals surface area contributed by atoms with Crippen LogP contribution < -0.4 is 15.8 Å². The molecular weight excluding hydrogens is 354 g/mol. The lowest BCUT2D eigenvalue weighted by Gasteiger charge is -2.33. The Labute approximate surface area is 166 Å². The largest absolute Gasteiger partial charge is 0.462 e. The summed E-state index contributed by atoms with van der Waals surface area (Å²) in [4.78, 5) is 11.3. The van der Waals surface area contributed by atoms with Gasteiger partial charge in [-0.1, -0.05) is 13.3 Å². The van der Waals surface area contributed by atoms with Crippen molar-refractivity contribution in [2.75, 3.05) is 38.5 Å². The molecule has 1 atom stereocenters. The third-order valence-electron chi connectivity index (χ3n) is 6.01. The fourth-order valence-corrected chi connectivity index (χ4v) is 4.33. The molecule has 0 aromatic carbocycles. The first kappa shape index (κ1) is 19.4. The lowest BCUT2D eigenvalue weighted by atomic mass is 9.92. The number of anilines is 1. The van der Waals surface area contributed by atoms with Gasteiger partial charge in [-0.3, -0.25) is 0 Å². The third kappa shape index (κ3) is 4.55. The van der Waals surface area contributed by atoms with E-state index in [4.69, 9.17) is 10.5 Å². The molecule has 0 radical (unpaired) electrons. The number of likely N-dealkylation sites (tertiary alicyclic amines) is 1. The zero-order valence-corrected chi connectivity index (χ0v) is 16.9. The average Bonchev–Trinajstić information content (AvgIpc) is 3.34. The molecule has 2 fully saturated rings. The Balaban J connectivity index is 1.36. The van der Waals surface area contributed by atoms with Crippen molar-refractivity contribution in [3.8, 4) is 6.01 Å². The molecule has 1 unspecified atom stereocenters. The summed E-state index contributed by atoms with van der Waals surface area (Å²) in [7, 11) is 0. The van der Waals surface area contributed by atoms with Crippen LogP contribution in [0.1, 0.15) is 51.1 Å². The number of hydrogen-bond donors (Lipinski definition) is 2. The number of ether oxygens (including phenoxy) is 1. The smallest absolute Gasteiger partial charge is 0.336 e. The molecule has 8 nitrogen and oxygen atoms in total. The number of nitrogen functional groups attached to an aromatic ring is 1. The number of nitrogens with two attached hydrogens (primary N) is 1. The summed E-state index contributed by atoms with van der Waals surface area (Å²) in [5.74, 6) is 1.04. The Morgan fingerprint density at radius 3 is 2.89 bits per heavy atom. The van der Waals surface area contributed by atoms with Crippen molar-refractivity contribution in [2.45, 2.75) is 57.9 Å². The minimum atomic E-state index is 0.344. The lowest BCUT2D eigenvalue weighted by molar-refractivity contribution is 0.170. The van der Waals surface area contributed by atoms with E-state index < -0.39 is 0 Å². The molecule has 0 spiro atoms. The van der Waals surface area contributed by atoms with E-state index in [0.717, 1.165) is 25.0 Å². The predicted octanol–water partition coefficient (Wildman–Crippen LogP) is 1.89. The van der Waals surface area contributed by atoms with Crippen molar-refractivity contribution in [1.29, 1.82) is 0 Å². The molecule has 0 aliphatic carbocycles. The van der Waals surface area contributed by atoms with Crippen LogP contribution in [0.2, 0.25) is 0 Å². The van der Waals surface area contributed by atoms with Crippen molar-refractivity contribution >= 4 is 11.5 Å². The van der Waals surface area contributed by atoms with Gasteiger partial charge >= 0.3 is 6.01 Å². The van der Waals surface area contributed by atoms with E-state index >= 15 is 0 Å². The highest BCUT2D eigenvalue weighted by Crippen LogP contribution is 2.24. The van der Waals surface area contributed by atoms with Crippen LogP contribution in [-0.2, 0) is 6.42 Å². The second-order valence-corrected chi connectivity index (χ2v) is 8.21. The van der Waals surface area contributed by atoms with Gasteiger partial charge in [-0.25, -0.2) is 9.50 Å². The number of piperidine rings is 1. The monoisotopic (exact) mass is 387 g/mol. The van der Waals surface area contributed by atoms with Gasteiger partial charge in [0.25, 0.3) is 0 Å². The summed E-state index contributed by atoms with van der Waals surface area (Å²) in [5.41, 5.74) is 7.80. The molecule has 0 bridgehead atoms. The van der Waals surface area contributed by atoms with Crippen molar-refractivity contribution in [3.63, 3.8) is 0 Å². The number of nitrogens with zero attached hydrogens (tertiary/aromatic N) is 5. The number of nitrogens with one attached hydrogen (secondary N) is 1. The molecule has 4 rings (SSSR count). The zero-order chi connectivity index (χ0) is 19.3. The zero-order valence-electron chi connectivity index (χ0n) is 16.9. The highest BCUT2D eigenvalue weighted by atomic mass is 16.5. The van der Waals surface area contributed by atoms with Crippen LogP contribution in [0.15, 0.2) is 6.20 Å². The quantitative estimate of drug-likeness (QED) is 0.668. The molecule has 2 saturated heterocycles. The van der Waals surface area contributed by atoms with Gasteiger partial charge in [-0.15, -0.1) is 5.10 Å². The van der Waals surface area contributed by atoms with Crippen LogP contribution in [0.3, 0.4) is 0 Å². The first-order valence-corrected chi connectivity index (χ1v) is 10.8. The second-order valence-electron chi connectivity index (χ2n) is 8.21. The number of imidazole rings is 1. The minimum Gasteiger partial charge on any atom is -0.462 e. The molecule has 8 heteroatoms. The molecular formula is C20H33N7O. The van der Waals surface area contributed by atoms with Gasteiger partial charge < -0.3 is 20.7 Å². The molecule has 0 amide bonds. The highest BCUT2D eigenvalue weighted by molar-refractivity contribution is 5.59. The van der Waals surface area contributed by atoms with Crippen molar-refractivity contribution in [1.82, 2.24) is 29.8 Å². The summed E-state index contributed by atoms with van der Waals surface area (Å²) in [5, 5.41) is 8.15. The Kier molecular flexibility index (Phi) is 6.26. The van der Waals surface area contributed by atoms with Gasteiger partial charge in [0.2, 0.25) is 0 Å². The normalized spacial score (nSPS) is 21.5. The van der Waals surface area contributed by atoms with Crippen molar-refractivity contribution < 1.29 is 4.74 Å². The number of unbranched alkanes of at least 4 members (excludes halogenated alkanes) is 1. The molecule has 2 aromatic rings. The van der Waals surface area contributed by atoms with Gasteiger partial charge in [0.05, 0.1) is 18.5 Å². The molecule has 2 aliphatic rings. The third-order valence-corrected chi connectivity index (χ3v) is 6.01. The van der Waals surface area contributed by atoms with E-state index in [0.29, 0.717) is 36.0 Å². The standard InChI is InChI=1S/C20H33N7O/c1-2-3-11-28-20-24-18(21)19-23-13-17(27(19)25-20)12-15-6-9-26(10-7-15)14-16-5-4-8-22-16/h13,15-16,22H,2-12,14H2,1H3,(H2,21,24,25). The van der Waals surface area contributed by atoms with E-state index in [9.17, 15) is 0 Å². The van der Waals surface area contributed by atoms with Crippen LogP contribution in [0.4, 0.5) is 5.82 Å². The van der Waals surface area contributed by atoms with Gasteiger partial charge in [0.1, 0.15) is 0 Å². The maximum Gasteiger partial charge on any atom is 0.336 e. The van der Waals surface area contributed by atoms with E-state index in [1.54, 1.807) is 0 Å². The average molecular weight is 388 g/mol. The van der Waals surface area contributed by atoms with Crippen molar-refractivity contribution in [2.24, 2.45) is 5.92 Å². The number of fused-ring (bicyclic) bond motifs is 1. The van der Waals surface area contributed by atoms with Crippen molar-refractivity contribution in [3.05, 3.63) is 11.9 Å². The predicted molar refractivity (Wildman–Crippen MR) is 109 cm³/mol. The van der Waals surface area contributed by atoms with Crippen LogP contribution in [-0.4, -0.2) is 63.3 Å². The van der Waals surface area contributed by atoms with E-state index in [1.807, 2.05) is 10.7 Å². The highest BCUT2D eigenvalue weighted by Gasteiger charge is 2.24. The summed E-state index contributed by atoms with van der Waals surface area (Å²) in [6, 6.07) is 1.04. The lowest BCUT2D eigenvalue weighted by Crippen LogP contribution is -2.42. The summed E-state index contributed by atoms with van der Waals surface area (Å²) in [6.07, 6.45) is 10.0. The topological polar surface area (TPSA) is 93.6 Å². The fourth-order valence-electron chi connectivity index (χ4n) is 4.33. The van der Waals surface area contributed by atoms with Gasteiger partial charge in [0.15, 0.2) is 11.5 Å². The maximum atomic E-state index is 6.08. The van der Waals surface area contributed by atoms with E-state index in [-0.39, 0.29) is 0 Å². The summed E-state index contributed by atoms with van der Waals surface area (Å²) in [6.45, 7) is 7.49. The Hall–Kier alpha value is -1.93. The summed E-state index contributed by atoms with van der Waals surface area (Å²) >= 11 is 0. The first-order chi connectivity index (χ1) is 13.7. The fraction of sp³-hybridized carbons (Fsp3) is 0.750. The molecule has 2 aliphatic heterocycles. The number of hydrogen-bond acceptors (Lipinski definition) is 7. The second kappa shape index (κ2) is 9.05. The van der Waals surface area contributed by atoms with Crippen LogP contribution in [0.25, 0.3) is 5.65 Å². The number of rotatable bonds is 8. The minimum absolute atomic E-state index is 0.344. The Bertz CT molecular complexity index is 763. The van der Waals surface area contributed by atoms with Gasteiger partial charge in [-0.2, -0.15) is 4.98 Å². The van der Waals surface area contributed by atoms with Gasteiger partial charge in [0, 0.05) is 12.6 Å². The molecule has 3 N–H and O–H groups in total. The number of aromatic nitrogens is 4. The Morgan fingerprint density at radius 1 is 1.29 bits per heavy atom. The van der Waals surface area contributed by atoms with E-state index in [2.05, 4.69) is 32.2 Å². The maximum absolute atomic E-state index is 6.08. The van der Waals surface area contributed by atoms with Crippen LogP contribution >= 0.6 is 0 Å². The molecule has 0 saturated carbocycles. The summed E-state index contributed by atoms with van der Waals surface area (Å²) < 4.78 is 7.50. The van der Waals surface area contributed by atoms with Crippen LogP contribution in [0.5, 0.6) is 6.01 Å². The van der Waals surface area contributed by atoms with Crippen LogP contribution in [0, 0.1) is 5.92 Å². The Morgan fingerprint density at radius 2 is 2.14 bits per heavy atom. The molecule has 4 heterocycles. The van der Waals surface area contributed by atoms with E-state index in [1.165, 1.54) is 51.9 Å². The molecule has 154 valence electrons. The van der Waals surface area contributed by atoms with Gasteiger partial charge in [-0.05, 0) is 64.1 Å². The SMILES string of the molecule is CCCCOc1nc(N)c2ncc(CC3CCN(CC4CCCN4)CC3)n2n1. The molecule has 28 heavy (non-hydrogen) atoms.